The number of nitrogens with one attached hydrogen (secondary N) is 1. The van der Waals surface area contributed by atoms with Crippen molar-refractivity contribution in [3.63, 3.8) is 0 Å². The van der Waals surface area contributed by atoms with E-state index in [4.69, 9.17) is 0 Å². The van der Waals surface area contributed by atoms with Crippen LogP contribution in [-0.2, 0) is 0 Å². The van der Waals surface area contributed by atoms with Gasteiger partial charge in [-0.25, -0.2) is 0 Å². The molecule has 100 valence electrons. The first kappa shape index (κ1) is 12.4. The summed E-state index contributed by atoms with van der Waals surface area (Å²) in [6.07, 6.45) is 6.40. The Morgan fingerprint density at radius 2 is 2.11 bits per heavy atom. The van der Waals surface area contributed by atoms with E-state index in [1.165, 1.54) is 42.4 Å². The van der Waals surface area contributed by atoms with Gasteiger partial charge in [-0.1, -0.05) is 12.1 Å². The van der Waals surface area contributed by atoms with E-state index in [2.05, 4.69) is 46.5 Å². The fourth-order valence-electron chi connectivity index (χ4n) is 2.79. The maximum Gasteiger partial charge on any atom is 0.0435 e. The third-order valence-electron chi connectivity index (χ3n) is 4.10. The molecule has 1 aromatic heterocycles. The van der Waals surface area contributed by atoms with Crippen LogP contribution in [0.2, 0.25) is 0 Å². The molecule has 0 amide bonds. The summed E-state index contributed by atoms with van der Waals surface area (Å²) < 4.78 is 0. The Balaban J connectivity index is 1.68. The highest BCUT2D eigenvalue weighted by Gasteiger charge is 2.16. The van der Waals surface area contributed by atoms with Gasteiger partial charge in [0.1, 0.15) is 0 Å². The van der Waals surface area contributed by atoms with Gasteiger partial charge in [0.2, 0.25) is 0 Å². The Bertz CT molecular complexity index is 539. The van der Waals surface area contributed by atoms with Gasteiger partial charge in [-0.05, 0) is 56.4 Å². The van der Waals surface area contributed by atoms with Crippen LogP contribution in [0.25, 0.3) is 10.8 Å². The SMILES string of the molecule is CN1CCC(CNc2cccc3ccncc23)CC1. The monoisotopic (exact) mass is 255 g/mol. The van der Waals surface area contributed by atoms with E-state index in [9.17, 15) is 0 Å². The molecular formula is C16H21N3. The lowest BCUT2D eigenvalue weighted by molar-refractivity contribution is 0.226. The van der Waals surface area contributed by atoms with Crippen LogP contribution >= 0.6 is 0 Å². The molecule has 1 N–H and O–H groups in total. The second-order valence-electron chi connectivity index (χ2n) is 5.53. The molecule has 3 heteroatoms. The number of piperidine rings is 1. The summed E-state index contributed by atoms with van der Waals surface area (Å²) in [5.74, 6) is 0.795. The molecule has 1 aliphatic rings. The van der Waals surface area contributed by atoms with Crippen molar-refractivity contribution in [1.82, 2.24) is 9.88 Å². The molecule has 1 fully saturated rings. The number of fused-ring (bicyclic) bond motifs is 1. The predicted molar refractivity (Wildman–Crippen MR) is 80.5 cm³/mol. The van der Waals surface area contributed by atoms with Gasteiger partial charge in [0.05, 0.1) is 0 Å². The minimum Gasteiger partial charge on any atom is -0.384 e. The second kappa shape index (κ2) is 5.57. The Hall–Kier alpha value is -1.61. The molecule has 2 heterocycles. The van der Waals surface area contributed by atoms with Gasteiger partial charge >= 0.3 is 0 Å². The quantitative estimate of drug-likeness (QED) is 0.914. The molecular weight excluding hydrogens is 234 g/mol. The summed E-state index contributed by atoms with van der Waals surface area (Å²) in [6, 6.07) is 8.46. The topological polar surface area (TPSA) is 28.2 Å². The third kappa shape index (κ3) is 2.87. The number of rotatable bonds is 3. The van der Waals surface area contributed by atoms with Crippen molar-refractivity contribution in [3.05, 3.63) is 36.7 Å². The molecule has 2 aromatic rings. The molecule has 3 nitrogen and oxygen atoms in total. The molecule has 0 aliphatic carbocycles. The third-order valence-corrected chi connectivity index (χ3v) is 4.10. The summed E-state index contributed by atoms with van der Waals surface area (Å²) in [5.41, 5.74) is 1.21. The summed E-state index contributed by atoms with van der Waals surface area (Å²) >= 11 is 0. The first-order chi connectivity index (χ1) is 9.33. The van der Waals surface area contributed by atoms with Crippen LogP contribution in [0, 0.1) is 5.92 Å². The normalized spacial score (nSPS) is 17.7. The zero-order valence-electron chi connectivity index (χ0n) is 11.5. The Morgan fingerprint density at radius 3 is 2.95 bits per heavy atom. The molecule has 19 heavy (non-hydrogen) atoms. The van der Waals surface area contributed by atoms with Crippen molar-refractivity contribution in [2.45, 2.75) is 12.8 Å². The molecule has 3 rings (SSSR count). The number of benzene rings is 1. The van der Waals surface area contributed by atoms with E-state index in [0.717, 1.165) is 12.5 Å². The lowest BCUT2D eigenvalue weighted by atomic mass is 9.97. The second-order valence-corrected chi connectivity index (χ2v) is 5.53. The van der Waals surface area contributed by atoms with Gasteiger partial charge < -0.3 is 10.2 Å². The van der Waals surface area contributed by atoms with Crippen LogP contribution in [0.15, 0.2) is 36.7 Å². The Kier molecular flexibility index (Phi) is 3.65. The lowest BCUT2D eigenvalue weighted by Crippen LogP contribution is -2.32. The molecule has 1 aliphatic heterocycles. The summed E-state index contributed by atoms with van der Waals surface area (Å²) in [6.45, 7) is 3.52. The highest BCUT2D eigenvalue weighted by molar-refractivity contribution is 5.93. The van der Waals surface area contributed by atoms with Gasteiger partial charge in [0, 0.05) is 30.0 Å². The number of anilines is 1. The standard InChI is InChI=1S/C16H21N3/c1-19-9-6-13(7-10-19)11-18-16-4-2-3-14-5-8-17-12-15(14)16/h2-5,8,12-13,18H,6-7,9-11H2,1H3. The minimum atomic E-state index is 0.795. The van der Waals surface area contributed by atoms with E-state index in [1.54, 1.807) is 0 Å². The average molecular weight is 255 g/mol. The molecule has 0 radical (unpaired) electrons. The van der Waals surface area contributed by atoms with E-state index in [1.807, 2.05) is 12.4 Å². The van der Waals surface area contributed by atoms with Crippen molar-refractivity contribution in [2.75, 3.05) is 32.0 Å². The van der Waals surface area contributed by atoms with Crippen molar-refractivity contribution in [2.24, 2.45) is 5.92 Å². The van der Waals surface area contributed by atoms with E-state index >= 15 is 0 Å². The molecule has 0 saturated carbocycles. The average Bonchev–Trinajstić information content (AvgIpc) is 2.47. The van der Waals surface area contributed by atoms with Crippen LogP contribution in [0.1, 0.15) is 12.8 Å². The smallest absolute Gasteiger partial charge is 0.0435 e. The van der Waals surface area contributed by atoms with Crippen molar-refractivity contribution in [3.8, 4) is 0 Å². The predicted octanol–water partition coefficient (Wildman–Crippen LogP) is 2.99. The van der Waals surface area contributed by atoms with Gasteiger partial charge in [0.15, 0.2) is 0 Å². The summed E-state index contributed by atoms with van der Waals surface area (Å²) in [5, 5.41) is 6.09. The first-order valence-corrected chi connectivity index (χ1v) is 7.08. The fourth-order valence-corrected chi connectivity index (χ4v) is 2.79. The summed E-state index contributed by atoms with van der Waals surface area (Å²) in [4.78, 5) is 6.65. The maximum atomic E-state index is 4.23. The number of pyridine rings is 1. The number of hydrogen-bond acceptors (Lipinski definition) is 3. The van der Waals surface area contributed by atoms with Gasteiger partial charge in [-0.15, -0.1) is 0 Å². The van der Waals surface area contributed by atoms with Crippen molar-refractivity contribution < 1.29 is 0 Å². The number of aromatic nitrogens is 1. The highest BCUT2D eigenvalue weighted by Crippen LogP contribution is 2.23. The molecule has 0 atom stereocenters. The molecule has 0 spiro atoms. The van der Waals surface area contributed by atoms with E-state index in [-0.39, 0.29) is 0 Å². The maximum absolute atomic E-state index is 4.23. The minimum absolute atomic E-state index is 0.795. The first-order valence-electron chi connectivity index (χ1n) is 7.08. The molecule has 1 aromatic carbocycles. The molecule has 0 unspecified atom stereocenters. The molecule has 1 saturated heterocycles. The van der Waals surface area contributed by atoms with Gasteiger partial charge in [-0.3, -0.25) is 4.98 Å². The number of nitrogens with zero attached hydrogens (tertiary/aromatic N) is 2. The van der Waals surface area contributed by atoms with Crippen molar-refractivity contribution >= 4 is 16.5 Å². The highest BCUT2D eigenvalue weighted by atomic mass is 15.1. The van der Waals surface area contributed by atoms with E-state index < -0.39 is 0 Å². The van der Waals surface area contributed by atoms with Gasteiger partial charge in [0.25, 0.3) is 0 Å². The van der Waals surface area contributed by atoms with Crippen LogP contribution in [0.3, 0.4) is 0 Å². The zero-order valence-corrected chi connectivity index (χ0v) is 11.5. The Labute approximate surface area is 114 Å². The van der Waals surface area contributed by atoms with Crippen molar-refractivity contribution in [1.29, 1.82) is 0 Å². The Morgan fingerprint density at radius 1 is 1.26 bits per heavy atom. The molecule has 0 bridgehead atoms. The van der Waals surface area contributed by atoms with Crippen LogP contribution in [0.5, 0.6) is 0 Å². The summed E-state index contributed by atoms with van der Waals surface area (Å²) in [7, 11) is 2.21. The van der Waals surface area contributed by atoms with Crippen LogP contribution < -0.4 is 5.32 Å². The van der Waals surface area contributed by atoms with Crippen LogP contribution in [0.4, 0.5) is 5.69 Å². The largest absolute Gasteiger partial charge is 0.384 e. The lowest BCUT2D eigenvalue weighted by Gasteiger charge is -2.29. The van der Waals surface area contributed by atoms with Gasteiger partial charge in [-0.2, -0.15) is 0 Å². The fraction of sp³-hybridized carbons (Fsp3) is 0.438. The number of likely N-dealkylation sites (tertiary alicyclic amines) is 1. The van der Waals surface area contributed by atoms with E-state index in [0.29, 0.717) is 0 Å². The number of hydrogen-bond donors (Lipinski definition) is 1. The van der Waals surface area contributed by atoms with Crippen LogP contribution in [-0.4, -0.2) is 36.6 Å². The zero-order chi connectivity index (χ0) is 13.1.